The minimum atomic E-state index is -0.636. The molecule has 1 atom stereocenters. The summed E-state index contributed by atoms with van der Waals surface area (Å²) >= 11 is 0. The van der Waals surface area contributed by atoms with Crippen LogP contribution in [0.2, 0.25) is 0 Å². The first kappa shape index (κ1) is 9.03. The van der Waals surface area contributed by atoms with E-state index in [-0.39, 0.29) is 18.5 Å². The first-order valence-corrected chi connectivity index (χ1v) is 3.82. The van der Waals surface area contributed by atoms with Gasteiger partial charge in [-0.3, -0.25) is 9.59 Å². The number of hydrogen-bond donors (Lipinski definition) is 0. The molecular weight excluding hydrogens is 160 g/mol. The fourth-order valence-electron chi connectivity index (χ4n) is 1.17. The maximum Gasteiger partial charge on any atom is 0.315 e. The van der Waals surface area contributed by atoms with Crippen LogP contribution < -0.4 is 0 Å². The van der Waals surface area contributed by atoms with Gasteiger partial charge in [-0.1, -0.05) is 0 Å². The van der Waals surface area contributed by atoms with Gasteiger partial charge in [0.15, 0.2) is 0 Å². The van der Waals surface area contributed by atoms with E-state index in [9.17, 15) is 9.59 Å². The zero-order valence-electron chi connectivity index (χ0n) is 7.25. The molecule has 0 radical (unpaired) electrons. The molecule has 0 aromatic carbocycles. The van der Waals surface area contributed by atoms with Crippen LogP contribution in [-0.4, -0.2) is 25.7 Å². The van der Waals surface area contributed by atoms with Gasteiger partial charge in [-0.15, -0.1) is 0 Å². The molecule has 0 aromatic heterocycles. The lowest BCUT2D eigenvalue weighted by atomic mass is 9.85. The molecule has 1 aliphatic rings. The average molecular weight is 172 g/mol. The maximum absolute atomic E-state index is 11.2. The maximum atomic E-state index is 11.2. The van der Waals surface area contributed by atoms with Crippen molar-refractivity contribution in [1.29, 1.82) is 0 Å². The minimum Gasteiger partial charge on any atom is -0.469 e. The zero-order chi connectivity index (χ0) is 9.19. The van der Waals surface area contributed by atoms with Crippen LogP contribution in [0.25, 0.3) is 0 Å². The fourth-order valence-corrected chi connectivity index (χ4v) is 1.17. The molecular formula is C8H12O4. The Morgan fingerprint density at radius 3 is 2.75 bits per heavy atom. The molecule has 0 bridgehead atoms. The minimum absolute atomic E-state index is 0.137. The van der Waals surface area contributed by atoms with Gasteiger partial charge in [0.25, 0.3) is 0 Å². The Bertz CT molecular complexity index is 199. The monoisotopic (exact) mass is 172 g/mol. The number of carbonyl (C=O) groups is 2. The number of esters is 2. The van der Waals surface area contributed by atoms with E-state index in [4.69, 9.17) is 4.74 Å². The van der Waals surface area contributed by atoms with Gasteiger partial charge in [-0.25, -0.2) is 0 Å². The van der Waals surface area contributed by atoms with Gasteiger partial charge in [-0.05, 0) is 13.3 Å². The highest BCUT2D eigenvalue weighted by molar-refractivity contribution is 5.80. The molecule has 1 saturated heterocycles. The fraction of sp³-hybridized carbons (Fsp3) is 0.750. The third-order valence-corrected chi connectivity index (χ3v) is 2.11. The lowest BCUT2D eigenvalue weighted by molar-refractivity contribution is -0.167. The predicted octanol–water partition coefficient (Wildman–Crippen LogP) is 0.503. The van der Waals surface area contributed by atoms with Crippen LogP contribution in [0.15, 0.2) is 0 Å². The smallest absolute Gasteiger partial charge is 0.315 e. The summed E-state index contributed by atoms with van der Waals surface area (Å²) in [6, 6.07) is 0. The molecule has 1 heterocycles. The lowest BCUT2D eigenvalue weighted by Crippen LogP contribution is -2.39. The summed E-state index contributed by atoms with van der Waals surface area (Å²) in [6.45, 7) is 1.88. The second kappa shape index (κ2) is 3.13. The summed E-state index contributed by atoms with van der Waals surface area (Å²) < 4.78 is 9.37. The molecule has 0 saturated carbocycles. The molecule has 0 aliphatic carbocycles. The van der Waals surface area contributed by atoms with E-state index in [0.717, 1.165) is 0 Å². The van der Waals surface area contributed by atoms with Crippen LogP contribution in [0, 0.1) is 5.41 Å². The highest BCUT2D eigenvalue weighted by Crippen LogP contribution is 2.29. The Kier molecular flexibility index (Phi) is 2.35. The first-order chi connectivity index (χ1) is 5.58. The molecule has 0 aromatic rings. The molecule has 4 heteroatoms. The van der Waals surface area contributed by atoms with Crippen molar-refractivity contribution in [3.05, 3.63) is 0 Å². The van der Waals surface area contributed by atoms with Crippen molar-refractivity contribution in [2.24, 2.45) is 5.41 Å². The number of methoxy groups -OCH3 is 1. The van der Waals surface area contributed by atoms with Gasteiger partial charge in [-0.2, -0.15) is 0 Å². The van der Waals surface area contributed by atoms with Gasteiger partial charge >= 0.3 is 11.9 Å². The Hall–Kier alpha value is -1.06. The quantitative estimate of drug-likeness (QED) is 0.540. The molecule has 0 amide bonds. The van der Waals surface area contributed by atoms with Gasteiger partial charge in [0.2, 0.25) is 0 Å². The van der Waals surface area contributed by atoms with Crippen molar-refractivity contribution < 1.29 is 19.1 Å². The zero-order valence-corrected chi connectivity index (χ0v) is 7.25. The Labute approximate surface area is 70.8 Å². The number of cyclic esters (lactones) is 1. The predicted molar refractivity (Wildman–Crippen MR) is 40.3 cm³/mol. The van der Waals surface area contributed by atoms with Crippen LogP contribution >= 0.6 is 0 Å². The van der Waals surface area contributed by atoms with E-state index in [1.54, 1.807) is 6.92 Å². The average Bonchev–Trinajstić information content (AvgIpc) is 2.09. The molecule has 68 valence electrons. The molecule has 1 rings (SSSR count). The van der Waals surface area contributed by atoms with Crippen LogP contribution in [0.1, 0.15) is 19.8 Å². The molecule has 0 spiro atoms. The third kappa shape index (κ3) is 1.57. The van der Waals surface area contributed by atoms with E-state index in [0.29, 0.717) is 12.8 Å². The van der Waals surface area contributed by atoms with Crippen LogP contribution in [0.5, 0.6) is 0 Å². The van der Waals surface area contributed by atoms with E-state index in [1.165, 1.54) is 7.11 Å². The second-order valence-corrected chi connectivity index (χ2v) is 3.21. The molecule has 1 fully saturated rings. The normalized spacial score (nSPS) is 29.3. The summed E-state index contributed by atoms with van der Waals surface area (Å²) in [4.78, 5) is 21.9. The van der Waals surface area contributed by atoms with Gasteiger partial charge < -0.3 is 9.47 Å². The SMILES string of the molecule is COC(=O)C1(C)CCC(=O)OC1. The van der Waals surface area contributed by atoms with E-state index in [1.807, 2.05) is 0 Å². The molecule has 12 heavy (non-hydrogen) atoms. The summed E-state index contributed by atoms with van der Waals surface area (Å²) in [5.74, 6) is -0.550. The van der Waals surface area contributed by atoms with E-state index >= 15 is 0 Å². The van der Waals surface area contributed by atoms with Crippen molar-refractivity contribution in [2.45, 2.75) is 19.8 Å². The van der Waals surface area contributed by atoms with Gasteiger partial charge in [0, 0.05) is 6.42 Å². The third-order valence-electron chi connectivity index (χ3n) is 2.11. The second-order valence-electron chi connectivity index (χ2n) is 3.21. The summed E-state index contributed by atoms with van der Waals surface area (Å²) in [5, 5.41) is 0. The first-order valence-electron chi connectivity index (χ1n) is 3.82. The van der Waals surface area contributed by atoms with Crippen LogP contribution in [0.4, 0.5) is 0 Å². The molecule has 0 N–H and O–H groups in total. The summed E-state index contributed by atoms with van der Waals surface area (Å²) in [6.07, 6.45) is 0.810. The number of hydrogen-bond acceptors (Lipinski definition) is 4. The van der Waals surface area contributed by atoms with Gasteiger partial charge in [0.1, 0.15) is 6.61 Å². The standard InChI is InChI=1S/C8H12O4/c1-8(7(10)11-2)4-3-6(9)12-5-8/h3-5H2,1-2H3. The number of rotatable bonds is 1. The molecule has 1 unspecified atom stereocenters. The lowest BCUT2D eigenvalue weighted by Gasteiger charge is -2.29. The topological polar surface area (TPSA) is 52.6 Å². The van der Waals surface area contributed by atoms with E-state index in [2.05, 4.69) is 4.74 Å². The Morgan fingerprint density at radius 2 is 2.33 bits per heavy atom. The number of carbonyl (C=O) groups excluding carboxylic acids is 2. The van der Waals surface area contributed by atoms with Crippen LogP contribution in [-0.2, 0) is 19.1 Å². The van der Waals surface area contributed by atoms with Crippen molar-refractivity contribution in [3.63, 3.8) is 0 Å². The molecule has 1 aliphatic heterocycles. The van der Waals surface area contributed by atoms with Crippen molar-refractivity contribution in [3.8, 4) is 0 Å². The van der Waals surface area contributed by atoms with Crippen molar-refractivity contribution >= 4 is 11.9 Å². The highest BCUT2D eigenvalue weighted by Gasteiger charge is 2.39. The van der Waals surface area contributed by atoms with E-state index < -0.39 is 5.41 Å². The molecule has 4 nitrogen and oxygen atoms in total. The Balaban J connectivity index is 2.61. The summed E-state index contributed by atoms with van der Waals surface area (Å²) in [5.41, 5.74) is -0.636. The largest absolute Gasteiger partial charge is 0.469 e. The summed E-state index contributed by atoms with van der Waals surface area (Å²) in [7, 11) is 1.34. The number of ether oxygens (including phenoxy) is 2. The highest BCUT2D eigenvalue weighted by atomic mass is 16.5. The van der Waals surface area contributed by atoms with Crippen LogP contribution in [0.3, 0.4) is 0 Å². The van der Waals surface area contributed by atoms with Gasteiger partial charge in [0.05, 0.1) is 12.5 Å². The Morgan fingerprint density at radius 1 is 1.67 bits per heavy atom. The van der Waals surface area contributed by atoms with Crippen molar-refractivity contribution in [2.75, 3.05) is 13.7 Å². The van der Waals surface area contributed by atoms with Crippen molar-refractivity contribution in [1.82, 2.24) is 0 Å².